The summed E-state index contributed by atoms with van der Waals surface area (Å²) in [6, 6.07) is 8.07. The fraction of sp³-hybridized carbons (Fsp3) is 0.412. The summed E-state index contributed by atoms with van der Waals surface area (Å²) < 4.78 is 0. The van der Waals surface area contributed by atoms with Gasteiger partial charge in [-0.15, -0.1) is 11.3 Å². The highest BCUT2D eigenvalue weighted by molar-refractivity contribution is 7.13. The third kappa shape index (κ3) is 4.22. The predicted molar refractivity (Wildman–Crippen MR) is 95.9 cm³/mol. The van der Waals surface area contributed by atoms with E-state index in [1.54, 1.807) is 0 Å². The Hall–Kier alpha value is -2.08. The summed E-state index contributed by atoms with van der Waals surface area (Å²) in [6.45, 7) is 4.53. The molecule has 0 radical (unpaired) electrons. The second-order valence-electron chi connectivity index (χ2n) is 6.12. The molecule has 23 heavy (non-hydrogen) atoms. The van der Waals surface area contributed by atoms with Gasteiger partial charge in [-0.1, -0.05) is 6.92 Å². The van der Waals surface area contributed by atoms with Gasteiger partial charge in [0.25, 0.3) is 0 Å². The van der Waals surface area contributed by atoms with E-state index in [0.29, 0.717) is 10.8 Å². The standard InChI is InChI=1S/C17H22N4OS/c1-12-6-8-21(9-7-12)15-4-2-13(3-5-15)19-16(22)10-14-11-23-17(18)20-14/h2-5,11-12H,6-10H2,1H3,(H2,18,20)(H,19,22). The summed E-state index contributed by atoms with van der Waals surface area (Å²) in [5.41, 5.74) is 8.32. The molecule has 1 aliphatic heterocycles. The SMILES string of the molecule is CC1CCN(c2ccc(NC(=O)Cc3csc(N)n3)cc2)CC1. The summed E-state index contributed by atoms with van der Waals surface area (Å²) >= 11 is 1.35. The van der Waals surface area contributed by atoms with Crippen LogP contribution in [0.1, 0.15) is 25.5 Å². The molecular weight excluding hydrogens is 308 g/mol. The van der Waals surface area contributed by atoms with E-state index in [2.05, 4.69) is 34.3 Å². The normalized spacial score (nSPS) is 15.6. The number of amides is 1. The molecule has 0 atom stereocenters. The molecule has 0 unspecified atom stereocenters. The van der Waals surface area contributed by atoms with Gasteiger partial charge in [-0.3, -0.25) is 4.79 Å². The number of thiazole rings is 1. The van der Waals surface area contributed by atoms with Crippen LogP contribution in [0.3, 0.4) is 0 Å². The Labute approximate surface area is 140 Å². The third-order valence-electron chi connectivity index (χ3n) is 4.21. The van der Waals surface area contributed by atoms with Gasteiger partial charge in [0.2, 0.25) is 5.91 Å². The van der Waals surface area contributed by atoms with Gasteiger partial charge in [0.15, 0.2) is 5.13 Å². The second kappa shape index (κ2) is 7.00. The number of nitrogens with one attached hydrogen (secondary N) is 1. The van der Waals surface area contributed by atoms with Crippen LogP contribution in [0.25, 0.3) is 0 Å². The smallest absolute Gasteiger partial charge is 0.230 e. The van der Waals surface area contributed by atoms with Gasteiger partial charge < -0.3 is 16.0 Å². The molecule has 1 saturated heterocycles. The van der Waals surface area contributed by atoms with Crippen molar-refractivity contribution in [2.24, 2.45) is 5.92 Å². The van der Waals surface area contributed by atoms with E-state index in [1.165, 1.54) is 29.9 Å². The topological polar surface area (TPSA) is 71.2 Å². The van der Waals surface area contributed by atoms with Crippen molar-refractivity contribution >= 4 is 33.8 Å². The maximum absolute atomic E-state index is 12.0. The quantitative estimate of drug-likeness (QED) is 0.903. The zero-order valence-corrected chi connectivity index (χ0v) is 14.1. The molecule has 0 bridgehead atoms. The average Bonchev–Trinajstić information content (AvgIpc) is 2.94. The Kier molecular flexibility index (Phi) is 4.81. The molecule has 0 aliphatic carbocycles. The van der Waals surface area contributed by atoms with Crippen LogP contribution in [0, 0.1) is 5.92 Å². The van der Waals surface area contributed by atoms with E-state index in [0.717, 1.165) is 24.7 Å². The number of nitrogen functional groups attached to an aromatic ring is 1. The molecule has 2 heterocycles. The van der Waals surface area contributed by atoms with Crippen molar-refractivity contribution in [3.63, 3.8) is 0 Å². The summed E-state index contributed by atoms with van der Waals surface area (Å²) in [5.74, 6) is 0.749. The summed E-state index contributed by atoms with van der Waals surface area (Å²) in [6.07, 6.45) is 2.74. The summed E-state index contributed by atoms with van der Waals surface area (Å²) in [5, 5.41) is 5.21. The van der Waals surface area contributed by atoms with Crippen molar-refractivity contribution in [1.82, 2.24) is 4.98 Å². The zero-order valence-electron chi connectivity index (χ0n) is 13.3. The Morgan fingerprint density at radius 1 is 1.35 bits per heavy atom. The lowest BCUT2D eigenvalue weighted by molar-refractivity contribution is -0.115. The Morgan fingerprint density at radius 3 is 2.65 bits per heavy atom. The molecule has 5 nitrogen and oxygen atoms in total. The minimum Gasteiger partial charge on any atom is -0.375 e. The van der Waals surface area contributed by atoms with Crippen LogP contribution < -0.4 is 16.0 Å². The second-order valence-corrected chi connectivity index (χ2v) is 7.01. The number of carbonyl (C=O) groups is 1. The van der Waals surface area contributed by atoms with E-state index in [4.69, 9.17) is 5.73 Å². The number of nitrogens with zero attached hydrogens (tertiary/aromatic N) is 2. The lowest BCUT2D eigenvalue weighted by atomic mass is 9.99. The van der Waals surface area contributed by atoms with E-state index < -0.39 is 0 Å². The molecule has 2 aromatic rings. The fourth-order valence-corrected chi connectivity index (χ4v) is 3.36. The van der Waals surface area contributed by atoms with Gasteiger partial charge in [0, 0.05) is 29.8 Å². The fourth-order valence-electron chi connectivity index (χ4n) is 2.80. The van der Waals surface area contributed by atoms with E-state index in [-0.39, 0.29) is 12.3 Å². The number of nitrogens with two attached hydrogens (primary N) is 1. The molecule has 0 spiro atoms. The zero-order chi connectivity index (χ0) is 16.2. The van der Waals surface area contributed by atoms with Crippen LogP contribution in [-0.4, -0.2) is 24.0 Å². The number of hydrogen-bond donors (Lipinski definition) is 2. The number of benzene rings is 1. The van der Waals surface area contributed by atoms with Gasteiger partial charge in [0.1, 0.15) is 0 Å². The number of rotatable bonds is 4. The highest BCUT2D eigenvalue weighted by atomic mass is 32.1. The van der Waals surface area contributed by atoms with E-state index >= 15 is 0 Å². The number of anilines is 3. The van der Waals surface area contributed by atoms with Crippen molar-refractivity contribution in [3.05, 3.63) is 35.3 Å². The van der Waals surface area contributed by atoms with Crippen molar-refractivity contribution < 1.29 is 4.79 Å². The molecule has 1 aromatic carbocycles. The maximum atomic E-state index is 12.0. The maximum Gasteiger partial charge on any atom is 0.230 e. The monoisotopic (exact) mass is 330 g/mol. The molecule has 3 N–H and O–H groups in total. The molecule has 1 aliphatic rings. The lowest BCUT2D eigenvalue weighted by Gasteiger charge is -2.32. The Bertz CT molecular complexity index is 659. The molecule has 6 heteroatoms. The summed E-state index contributed by atoms with van der Waals surface area (Å²) in [7, 11) is 0. The Morgan fingerprint density at radius 2 is 2.04 bits per heavy atom. The van der Waals surface area contributed by atoms with Crippen molar-refractivity contribution in [3.8, 4) is 0 Å². The van der Waals surface area contributed by atoms with E-state index in [9.17, 15) is 4.79 Å². The number of aromatic nitrogens is 1. The van der Waals surface area contributed by atoms with E-state index in [1.807, 2.05) is 17.5 Å². The third-order valence-corrected chi connectivity index (χ3v) is 4.93. The Balaban J connectivity index is 1.55. The van der Waals surface area contributed by atoms with Gasteiger partial charge in [0.05, 0.1) is 12.1 Å². The largest absolute Gasteiger partial charge is 0.375 e. The van der Waals surface area contributed by atoms with Crippen LogP contribution in [0.2, 0.25) is 0 Å². The predicted octanol–water partition coefficient (Wildman–Crippen LogP) is 3.14. The first-order valence-electron chi connectivity index (χ1n) is 7.95. The van der Waals surface area contributed by atoms with Crippen LogP contribution in [0.15, 0.2) is 29.6 Å². The molecule has 1 amide bonds. The molecule has 1 fully saturated rings. The molecule has 122 valence electrons. The van der Waals surface area contributed by atoms with Crippen LogP contribution in [-0.2, 0) is 11.2 Å². The molecule has 0 saturated carbocycles. The van der Waals surface area contributed by atoms with Crippen LogP contribution in [0.5, 0.6) is 0 Å². The highest BCUT2D eigenvalue weighted by Crippen LogP contribution is 2.24. The van der Waals surface area contributed by atoms with Crippen molar-refractivity contribution in [1.29, 1.82) is 0 Å². The van der Waals surface area contributed by atoms with Crippen LogP contribution >= 0.6 is 11.3 Å². The van der Waals surface area contributed by atoms with Crippen molar-refractivity contribution in [2.45, 2.75) is 26.2 Å². The molecule has 1 aromatic heterocycles. The number of hydrogen-bond acceptors (Lipinski definition) is 5. The summed E-state index contributed by atoms with van der Waals surface area (Å²) in [4.78, 5) is 18.5. The first-order chi connectivity index (χ1) is 11.1. The number of piperidine rings is 1. The first kappa shape index (κ1) is 15.8. The highest BCUT2D eigenvalue weighted by Gasteiger charge is 2.16. The molecule has 3 rings (SSSR count). The van der Waals surface area contributed by atoms with Gasteiger partial charge in [-0.05, 0) is 43.0 Å². The minimum absolute atomic E-state index is 0.0742. The number of carbonyl (C=O) groups excluding carboxylic acids is 1. The average molecular weight is 330 g/mol. The van der Waals surface area contributed by atoms with Crippen molar-refractivity contribution in [2.75, 3.05) is 29.0 Å². The lowest BCUT2D eigenvalue weighted by Crippen LogP contribution is -2.32. The van der Waals surface area contributed by atoms with Gasteiger partial charge >= 0.3 is 0 Å². The van der Waals surface area contributed by atoms with Gasteiger partial charge in [-0.2, -0.15) is 0 Å². The van der Waals surface area contributed by atoms with Gasteiger partial charge in [-0.25, -0.2) is 4.98 Å². The minimum atomic E-state index is -0.0742. The first-order valence-corrected chi connectivity index (χ1v) is 8.83. The van der Waals surface area contributed by atoms with Crippen LogP contribution in [0.4, 0.5) is 16.5 Å². The molecular formula is C17H22N4OS.